The number of hydrogen-bond acceptors (Lipinski definition) is 6. The maximum atomic E-state index is 11.4. The number of nitrogens with one attached hydrogen (secondary N) is 2. The topological polar surface area (TPSA) is 96.4 Å². The maximum Gasteiger partial charge on any atom is 0.337 e. The molecule has 0 atom stereocenters. The fourth-order valence-electron chi connectivity index (χ4n) is 2.57. The van der Waals surface area contributed by atoms with Crippen LogP contribution in [0.3, 0.4) is 0 Å². The highest BCUT2D eigenvalue weighted by Gasteiger charge is 2.10. The first kappa shape index (κ1) is 18.2. The molecule has 2 aromatic carbocycles. The van der Waals surface area contributed by atoms with Gasteiger partial charge >= 0.3 is 5.97 Å². The predicted octanol–water partition coefficient (Wildman–Crippen LogP) is 3.85. The molecule has 0 aliphatic heterocycles. The van der Waals surface area contributed by atoms with Crippen LogP contribution < -0.4 is 15.4 Å². The van der Waals surface area contributed by atoms with Crippen LogP contribution in [0.15, 0.2) is 54.6 Å². The number of aryl methyl sites for hydroxylation is 1. The van der Waals surface area contributed by atoms with Crippen LogP contribution in [0.25, 0.3) is 0 Å². The van der Waals surface area contributed by atoms with Crippen molar-refractivity contribution in [2.45, 2.75) is 13.5 Å². The number of aromatic nitrogens is 2. The van der Waals surface area contributed by atoms with Gasteiger partial charge in [0.15, 0.2) is 0 Å². The van der Waals surface area contributed by atoms with Gasteiger partial charge in [0.05, 0.1) is 18.4 Å². The third-order valence-corrected chi connectivity index (χ3v) is 3.89. The summed E-state index contributed by atoms with van der Waals surface area (Å²) >= 11 is 0. The SMILES string of the molecule is COc1ccc(CNc2cc(Nc3ccccc3C(=O)O)nc(C)n2)cc1. The summed E-state index contributed by atoms with van der Waals surface area (Å²) in [6.45, 7) is 2.37. The summed E-state index contributed by atoms with van der Waals surface area (Å²) in [4.78, 5) is 20.1. The van der Waals surface area contributed by atoms with Crippen molar-refractivity contribution < 1.29 is 14.6 Å². The molecule has 1 heterocycles. The fraction of sp³-hybridized carbons (Fsp3) is 0.150. The third kappa shape index (κ3) is 4.72. The van der Waals surface area contributed by atoms with Crippen molar-refractivity contribution >= 4 is 23.3 Å². The maximum absolute atomic E-state index is 11.4. The lowest BCUT2D eigenvalue weighted by Crippen LogP contribution is -2.07. The molecule has 0 amide bonds. The fourth-order valence-corrected chi connectivity index (χ4v) is 2.57. The smallest absolute Gasteiger partial charge is 0.337 e. The zero-order valence-corrected chi connectivity index (χ0v) is 15.1. The lowest BCUT2D eigenvalue weighted by atomic mass is 10.2. The Morgan fingerprint density at radius 2 is 1.78 bits per heavy atom. The molecule has 3 rings (SSSR count). The summed E-state index contributed by atoms with van der Waals surface area (Å²) in [7, 11) is 1.63. The van der Waals surface area contributed by atoms with E-state index in [-0.39, 0.29) is 5.56 Å². The van der Waals surface area contributed by atoms with E-state index in [1.165, 1.54) is 0 Å². The molecule has 0 spiro atoms. The van der Waals surface area contributed by atoms with Gasteiger partial charge < -0.3 is 20.5 Å². The summed E-state index contributed by atoms with van der Waals surface area (Å²) in [5, 5.41) is 15.6. The van der Waals surface area contributed by atoms with Crippen molar-refractivity contribution in [1.82, 2.24) is 9.97 Å². The number of aromatic carboxylic acids is 1. The quantitative estimate of drug-likeness (QED) is 0.586. The van der Waals surface area contributed by atoms with Crippen LogP contribution in [0.4, 0.5) is 17.3 Å². The number of anilines is 3. The molecule has 0 saturated heterocycles. The van der Waals surface area contributed by atoms with Gasteiger partial charge in [-0.3, -0.25) is 0 Å². The Morgan fingerprint density at radius 3 is 2.48 bits per heavy atom. The van der Waals surface area contributed by atoms with Crippen molar-refractivity contribution in [3.63, 3.8) is 0 Å². The number of nitrogens with zero attached hydrogens (tertiary/aromatic N) is 2. The zero-order valence-electron chi connectivity index (χ0n) is 15.1. The van der Waals surface area contributed by atoms with E-state index in [1.807, 2.05) is 24.3 Å². The average Bonchev–Trinajstić information content (AvgIpc) is 2.66. The molecule has 27 heavy (non-hydrogen) atoms. The lowest BCUT2D eigenvalue weighted by Gasteiger charge is -2.12. The molecule has 7 nitrogen and oxygen atoms in total. The van der Waals surface area contributed by atoms with Crippen molar-refractivity contribution in [3.05, 3.63) is 71.5 Å². The molecule has 3 N–H and O–H groups in total. The van der Waals surface area contributed by atoms with Crippen LogP contribution in [-0.2, 0) is 6.54 Å². The van der Waals surface area contributed by atoms with Crippen molar-refractivity contribution in [2.24, 2.45) is 0 Å². The Hall–Kier alpha value is -3.61. The number of carbonyl (C=O) groups is 1. The monoisotopic (exact) mass is 364 g/mol. The van der Waals surface area contributed by atoms with E-state index >= 15 is 0 Å². The van der Waals surface area contributed by atoms with Gasteiger partial charge in [-0.15, -0.1) is 0 Å². The molecule has 0 unspecified atom stereocenters. The van der Waals surface area contributed by atoms with Crippen LogP contribution in [0.1, 0.15) is 21.7 Å². The average molecular weight is 364 g/mol. The summed E-state index contributed by atoms with van der Waals surface area (Å²) in [5.74, 6) is 1.55. The minimum Gasteiger partial charge on any atom is -0.497 e. The van der Waals surface area contributed by atoms with Gasteiger partial charge in [-0.25, -0.2) is 14.8 Å². The number of rotatable bonds is 7. The second-order valence-electron chi connectivity index (χ2n) is 5.86. The number of carboxylic acids is 1. The molecular weight excluding hydrogens is 344 g/mol. The van der Waals surface area contributed by atoms with E-state index in [0.29, 0.717) is 29.7 Å². The molecule has 0 fully saturated rings. The molecule has 0 bridgehead atoms. The molecule has 7 heteroatoms. The largest absolute Gasteiger partial charge is 0.497 e. The number of benzene rings is 2. The highest BCUT2D eigenvalue weighted by molar-refractivity contribution is 5.95. The minimum absolute atomic E-state index is 0.182. The lowest BCUT2D eigenvalue weighted by molar-refractivity contribution is 0.0698. The molecule has 3 aromatic rings. The van der Waals surface area contributed by atoms with Gasteiger partial charge in [-0.1, -0.05) is 24.3 Å². The number of hydrogen-bond donors (Lipinski definition) is 3. The van der Waals surface area contributed by atoms with Crippen LogP contribution >= 0.6 is 0 Å². The van der Waals surface area contributed by atoms with Gasteiger partial charge in [0.25, 0.3) is 0 Å². The van der Waals surface area contributed by atoms with E-state index in [2.05, 4.69) is 20.6 Å². The van der Waals surface area contributed by atoms with Gasteiger partial charge in [-0.05, 0) is 36.8 Å². The third-order valence-electron chi connectivity index (χ3n) is 3.89. The van der Waals surface area contributed by atoms with Crippen LogP contribution in [0.2, 0.25) is 0 Å². The van der Waals surface area contributed by atoms with E-state index in [4.69, 9.17) is 4.74 Å². The van der Waals surface area contributed by atoms with E-state index < -0.39 is 5.97 Å². The summed E-state index contributed by atoms with van der Waals surface area (Å²) < 4.78 is 5.16. The number of methoxy groups -OCH3 is 1. The van der Waals surface area contributed by atoms with Gasteiger partial charge in [0.2, 0.25) is 0 Å². The first-order chi connectivity index (χ1) is 13.0. The molecule has 0 aliphatic carbocycles. The van der Waals surface area contributed by atoms with E-state index in [1.54, 1.807) is 44.4 Å². The Labute approximate surface area is 157 Å². The summed E-state index contributed by atoms with van der Waals surface area (Å²) in [6, 6.07) is 16.2. The number of carboxylic acid groups (broad SMARTS) is 1. The highest BCUT2D eigenvalue weighted by atomic mass is 16.5. The van der Waals surface area contributed by atoms with Gasteiger partial charge in [0.1, 0.15) is 23.2 Å². The Morgan fingerprint density at radius 1 is 1.07 bits per heavy atom. The Balaban J connectivity index is 1.75. The molecule has 0 aliphatic rings. The van der Waals surface area contributed by atoms with Crippen LogP contribution in [0.5, 0.6) is 5.75 Å². The second kappa shape index (κ2) is 8.18. The first-order valence-electron chi connectivity index (χ1n) is 8.37. The minimum atomic E-state index is -0.998. The van der Waals surface area contributed by atoms with Crippen molar-refractivity contribution in [3.8, 4) is 5.75 Å². The summed E-state index contributed by atoms with van der Waals surface area (Å²) in [5.41, 5.74) is 1.74. The molecule has 138 valence electrons. The van der Waals surface area contributed by atoms with Gasteiger partial charge in [0, 0.05) is 12.6 Å². The Kier molecular flexibility index (Phi) is 5.51. The zero-order chi connectivity index (χ0) is 19.2. The molecule has 0 radical (unpaired) electrons. The molecule has 0 saturated carbocycles. The molecule has 1 aromatic heterocycles. The van der Waals surface area contributed by atoms with Gasteiger partial charge in [-0.2, -0.15) is 0 Å². The highest BCUT2D eigenvalue weighted by Crippen LogP contribution is 2.21. The van der Waals surface area contributed by atoms with Crippen LogP contribution in [-0.4, -0.2) is 28.2 Å². The number of para-hydroxylation sites is 1. The van der Waals surface area contributed by atoms with Crippen molar-refractivity contribution in [1.29, 1.82) is 0 Å². The first-order valence-corrected chi connectivity index (χ1v) is 8.37. The Bertz CT molecular complexity index is 942. The molecular formula is C20H20N4O3. The van der Waals surface area contributed by atoms with E-state index in [9.17, 15) is 9.90 Å². The van der Waals surface area contributed by atoms with Crippen molar-refractivity contribution in [2.75, 3.05) is 17.7 Å². The van der Waals surface area contributed by atoms with Crippen LogP contribution in [0, 0.1) is 6.92 Å². The second-order valence-corrected chi connectivity index (χ2v) is 5.86. The predicted molar refractivity (Wildman–Crippen MR) is 104 cm³/mol. The number of ether oxygens (including phenoxy) is 1. The summed E-state index contributed by atoms with van der Waals surface area (Å²) in [6.07, 6.45) is 0. The van der Waals surface area contributed by atoms with E-state index in [0.717, 1.165) is 11.3 Å². The normalized spacial score (nSPS) is 10.3. The standard InChI is InChI=1S/C20H20N4O3/c1-13-22-18(21-12-14-7-9-15(27-2)10-8-14)11-19(23-13)24-17-6-4-3-5-16(17)20(25)26/h3-11H,12H2,1-2H3,(H,25,26)(H2,21,22,23,24).